The van der Waals surface area contributed by atoms with Crippen molar-refractivity contribution in [2.24, 2.45) is 0 Å². The molecule has 0 aliphatic rings. The smallest absolute Gasteiger partial charge is 0.341 e. The second kappa shape index (κ2) is 8.53. The van der Waals surface area contributed by atoms with Crippen LogP contribution >= 0.6 is 11.6 Å². The molecule has 5 nitrogen and oxygen atoms in total. The average molecular weight is 361 g/mol. The first-order valence-corrected chi connectivity index (χ1v) is 8.45. The van der Waals surface area contributed by atoms with Crippen molar-refractivity contribution in [3.8, 4) is 0 Å². The summed E-state index contributed by atoms with van der Waals surface area (Å²) in [5, 5.41) is 0.424. The predicted molar refractivity (Wildman–Crippen MR) is 98.4 cm³/mol. The Labute approximate surface area is 152 Å². The lowest BCUT2D eigenvalue weighted by molar-refractivity contribution is -0.140. The number of rotatable bonds is 6. The molecule has 2 aromatic rings. The van der Waals surface area contributed by atoms with Gasteiger partial charge < -0.3 is 15.4 Å². The molecule has 1 atom stereocenters. The molecule has 0 aliphatic heterocycles. The van der Waals surface area contributed by atoms with Crippen LogP contribution in [-0.4, -0.2) is 29.9 Å². The fourth-order valence-corrected chi connectivity index (χ4v) is 2.66. The minimum atomic E-state index is -1.02. The number of halogens is 1. The molecule has 0 unspecified atom stereocenters. The van der Waals surface area contributed by atoms with Crippen LogP contribution in [0.3, 0.4) is 0 Å². The number of nitrogens with zero attached hydrogens (tertiary/aromatic N) is 1. The van der Waals surface area contributed by atoms with Crippen molar-refractivity contribution in [1.29, 1.82) is 0 Å². The molecular formula is C19H21ClN2O3. The van der Waals surface area contributed by atoms with Crippen molar-refractivity contribution in [1.82, 2.24) is 4.90 Å². The van der Waals surface area contributed by atoms with Crippen LogP contribution in [-0.2, 0) is 9.53 Å². The third kappa shape index (κ3) is 4.51. The molecule has 1 amide bonds. The number of ether oxygens (including phenoxy) is 1. The van der Waals surface area contributed by atoms with Crippen molar-refractivity contribution >= 4 is 29.2 Å². The van der Waals surface area contributed by atoms with E-state index in [0.717, 1.165) is 0 Å². The fraction of sp³-hybridized carbons (Fsp3) is 0.263. The van der Waals surface area contributed by atoms with Gasteiger partial charge in [-0.15, -0.1) is 0 Å². The molecule has 0 saturated heterocycles. The molecule has 0 saturated carbocycles. The quantitative estimate of drug-likeness (QED) is 0.630. The summed E-state index contributed by atoms with van der Waals surface area (Å²) in [6, 6.07) is 13.4. The van der Waals surface area contributed by atoms with Crippen LogP contribution in [0.5, 0.6) is 0 Å². The van der Waals surface area contributed by atoms with Crippen molar-refractivity contribution in [3.05, 3.63) is 64.7 Å². The molecule has 0 bridgehead atoms. The summed E-state index contributed by atoms with van der Waals surface area (Å²) in [6.45, 7) is 4.81. The lowest BCUT2D eigenvalue weighted by Crippen LogP contribution is -2.36. The van der Waals surface area contributed by atoms with Gasteiger partial charge in [-0.05, 0) is 32.0 Å². The number of hydrogen-bond donors (Lipinski definition) is 1. The van der Waals surface area contributed by atoms with E-state index in [9.17, 15) is 9.59 Å². The van der Waals surface area contributed by atoms with Gasteiger partial charge in [0.1, 0.15) is 0 Å². The first kappa shape index (κ1) is 18.8. The SMILES string of the molecule is CCN(CC)C(=O)[C@@H](OC(=O)c1ccc(Cl)cc1N)c1ccccc1. The molecule has 6 heteroatoms. The number of carbonyl (C=O) groups excluding carboxylic acids is 2. The van der Waals surface area contributed by atoms with Gasteiger partial charge in [0.05, 0.1) is 5.56 Å². The molecule has 0 aromatic heterocycles. The van der Waals surface area contributed by atoms with Gasteiger partial charge in [-0.2, -0.15) is 0 Å². The lowest BCUT2D eigenvalue weighted by Gasteiger charge is -2.25. The van der Waals surface area contributed by atoms with Crippen molar-refractivity contribution < 1.29 is 14.3 Å². The maximum absolute atomic E-state index is 12.8. The van der Waals surface area contributed by atoms with Crippen molar-refractivity contribution in [2.45, 2.75) is 20.0 Å². The van der Waals surface area contributed by atoms with Crippen LogP contribution in [0, 0.1) is 0 Å². The van der Waals surface area contributed by atoms with E-state index in [1.165, 1.54) is 12.1 Å². The van der Waals surface area contributed by atoms with Gasteiger partial charge in [0.2, 0.25) is 6.10 Å². The summed E-state index contributed by atoms with van der Waals surface area (Å²) < 4.78 is 5.54. The zero-order chi connectivity index (χ0) is 18.4. The van der Waals surface area contributed by atoms with Gasteiger partial charge in [0, 0.05) is 29.4 Å². The fourth-order valence-electron chi connectivity index (χ4n) is 2.48. The van der Waals surface area contributed by atoms with E-state index in [4.69, 9.17) is 22.1 Å². The second-order valence-corrected chi connectivity index (χ2v) is 5.87. The first-order chi connectivity index (χ1) is 12.0. The Morgan fingerprint density at radius 3 is 2.32 bits per heavy atom. The largest absolute Gasteiger partial charge is 0.444 e. The Kier molecular flexibility index (Phi) is 6.42. The van der Waals surface area contributed by atoms with Gasteiger partial charge in [0.25, 0.3) is 5.91 Å². The summed E-state index contributed by atoms with van der Waals surface area (Å²) >= 11 is 5.86. The Balaban J connectivity index is 2.33. The minimum absolute atomic E-state index is 0.178. The molecule has 0 heterocycles. The maximum Gasteiger partial charge on any atom is 0.341 e. The monoisotopic (exact) mass is 360 g/mol. The standard InChI is InChI=1S/C19H21ClN2O3/c1-3-22(4-2)18(23)17(13-8-6-5-7-9-13)25-19(24)15-11-10-14(20)12-16(15)21/h5-12,17H,3-4,21H2,1-2H3/t17-/m0/s1. The molecule has 2 N–H and O–H groups in total. The number of anilines is 1. The Morgan fingerprint density at radius 1 is 1.12 bits per heavy atom. The van der Waals surface area contributed by atoms with Crippen LogP contribution < -0.4 is 5.73 Å². The van der Waals surface area contributed by atoms with Gasteiger partial charge >= 0.3 is 5.97 Å². The van der Waals surface area contributed by atoms with Gasteiger partial charge in [0.15, 0.2) is 0 Å². The lowest BCUT2D eigenvalue weighted by atomic mass is 10.1. The van der Waals surface area contributed by atoms with Crippen LogP contribution in [0.2, 0.25) is 5.02 Å². The summed E-state index contributed by atoms with van der Waals surface area (Å²) in [7, 11) is 0. The van der Waals surface area contributed by atoms with Crippen LogP contribution in [0.4, 0.5) is 5.69 Å². The number of amides is 1. The molecule has 2 rings (SSSR count). The van der Waals surface area contributed by atoms with E-state index < -0.39 is 12.1 Å². The molecule has 0 fully saturated rings. The molecule has 2 aromatic carbocycles. The number of nitrogen functional groups attached to an aromatic ring is 1. The second-order valence-electron chi connectivity index (χ2n) is 5.44. The highest BCUT2D eigenvalue weighted by atomic mass is 35.5. The Morgan fingerprint density at radius 2 is 1.76 bits per heavy atom. The summed E-state index contributed by atoms with van der Waals surface area (Å²) in [5.41, 5.74) is 6.84. The summed E-state index contributed by atoms with van der Waals surface area (Å²) in [4.78, 5) is 27.0. The third-order valence-corrected chi connectivity index (χ3v) is 4.10. The van der Waals surface area contributed by atoms with Gasteiger partial charge in [-0.25, -0.2) is 4.79 Å². The number of benzene rings is 2. The van der Waals surface area contributed by atoms with Crippen molar-refractivity contribution in [2.75, 3.05) is 18.8 Å². The van der Waals surface area contributed by atoms with Crippen LogP contribution in [0.1, 0.15) is 35.9 Å². The van der Waals surface area contributed by atoms with E-state index >= 15 is 0 Å². The van der Waals surface area contributed by atoms with E-state index in [1.54, 1.807) is 35.2 Å². The number of hydrogen-bond acceptors (Lipinski definition) is 4. The zero-order valence-electron chi connectivity index (χ0n) is 14.2. The van der Waals surface area contributed by atoms with E-state index in [1.807, 2.05) is 19.9 Å². The molecule has 132 valence electrons. The van der Waals surface area contributed by atoms with E-state index in [-0.39, 0.29) is 17.2 Å². The van der Waals surface area contributed by atoms with Gasteiger partial charge in [-0.1, -0.05) is 41.9 Å². The number of nitrogens with two attached hydrogens (primary N) is 1. The maximum atomic E-state index is 12.8. The topological polar surface area (TPSA) is 72.6 Å². The highest BCUT2D eigenvalue weighted by Crippen LogP contribution is 2.25. The highest BCUT2D eigenvalue weighted by Gasteiger charge is 2.29. The van der Waals surface area contributed by atoms with Crippen LogP contribution in [0.25, 0.3) is 0 Å². The normalized spacial score (nSPS) is 11.6. The summed E-state index contributed by atoms with van der Waals surface area (Å²) in [6.07, 6.45) is -1.02. The van der Waals surface area contributed by atoms with Gasteiger partial charge in [-0.3, -0.25) is 4.79 Å². The third-order valence-electron chi connectivity index (χ3n) is 3.86. The average Bonchev–Trinajstić information content (AvgIpc) is 2.61. The molecular weight excluding hydrogens is 340 g/mol. The van der Waals surface area contributed by atoms with E-state index in [2.05, 4.69) is 0 Å². The van der Waals surface area contributed by atoms with Crippen molar-refractivity contribution in [3.63, 3.8) is 0 Å². The van der Waals surface area contributed by atoms with Crippen LogP contribution in [0.15, 0.2) is 48.5 Å². The minimum Gasteiger partial charge on any atom is -0.444 e. The Bertz CT molecular complexity index is 746. The molecule has 0 radical (unpaired) electrons. The number of carbonyl (C=O) groups is 2. The Hall–Kier alpha value is -2.53. The number of likely N-dealkylation sites (N-methyl/N-ethyl adjacent to an activating group) is 1. The molecule has 0 aliphatic carbocycles. The molecule has 0 spiro atoms. The summed E-state index contributed by atoms with van der Waals surface area (Å²) in [5.74, 6) is -0.930. The first-order valence-electron chi connectivity index (χ1n) is 8.07. The predicted octanol–water partition coefficient (Wildman–Crippen LogP) is 3.69. The molecule has 25 heavy (non-hydrogen) atoms. The zero-order valence-corrected chi connectivity index (χ0v) is 15.0. The highest BCUT2D eigenvalue weighted by molar-refractivity contribution is 6.31. The van der Waals surface area contributed by atoms with E-state index in [0.29, 0.717) is 23.7 Å². The number of esters is 1.